The predicted octanol–water partition coefficient (Wildman–Crippen LogP) is 3.42. The Morgan fingerprint density at radius 1 is 1.07 bits per heavy atom. The largest absolute Gasteiger partial charge is 0.416 e. The van der Waals surface area contributed by atoms with Crippen molar-refractivity contribution in [2.24, 2.45) is 0 Å². The smallest absolute Gasteiger partial charge is 0.378 e. The molecule has 2 saturated heterocycles. The Morgan fingerprint density at radius 3 is 2.33 bits per heavy atom. The van der Waals surface area contributed by atoms with Crippen molar-refractivity contribution in [3.05, 3.63) is 47.1 Å². The molecule has 2 unspecified atom stereocenters. The predicted molar refractivity (Wildman–Crippen MR) is 99.9 cm³/mol. The van der Waals surface area contributed by atoms with Gasteiger partial charge in [-0.05, 0) is 31.0 Å². The summed E-state index contributed by atoms with van der Waals surface area (Å²) in [6.07, 6.45) is -3.77. The number of carbonyl (C=O) groups excluding carboxylic acids is 1. The summed E-state index contributed by atoms with van der Waals surface area (Å²) in [7, 11) is 0. The van der Waals surface area contributed by atoms with E-state index in [1.54, 1.807) is 16.7 Å². The molecule has 10 heteroatoms. The van der Waals surface area contributed by atoms with Gasteiger partial charge in [0.25, 0.3) is 0 Å². The van der Waals surface area contributed by atoms with E-state index in [1.165, 1.54) is 12.1 Å². The van der Waals surface area contributed by atoms with E-state index < -0.39 is 11.7 Å². The minimum absolute atomic E-state index is 0.101. The molecule has 0 N–H and O–H groups in total. The van der Waals surface area contributed by atoms with E-state index in [0.29, 0.717) is 57.5 Å². The number of benzene rings is 1. The van der Waals surface area contributed by atoms with Crippen LogP contribution in [0.3, 0.4) is 0 Å². The monoisotopic (exact) mass is 424 g/mol. The lowest BCUT2D eigenvalue weighted by Gasteiger charge is -2.40. The van der Waals surface area contributed by atoms with E-state index >= 15 is 0 Å². The molecule has 2 aliphatic heterocycles. The van der Waals surface area contributed by atoms with E-state index in [4.69, 9.17) is 9.26 Å². The summed E-state index contributed by atoms with van der Waals surface area (Å²) in [6, 6.07) is 5.06. The summed E-state index contributed by atoms with van der Waals surface area (Å²) in [5, 5.41) is 3.85. The highest BCUT2D eigenvalue weighted by Gasteiger charge is 2.37. The van der Waals surface area contributed by atoms with E-state index in [2.05, 4.69) is 10.1 Å². The third-order valence-electron chi connectivity index (χ3n) is 5.60. The third kappa shape index (κ3) is 4.43. The molecule has 1 aromatic carbocycles. The number of hydrogen-bond donors (Lipinski definition) is 0. The summed E-state index contributed by atoms with van der Waals surface area (Å²) in [4.78, 5) is 20.9. The maximum Gasteiger partial charge on any atom is 0.416 e. The van der Waals surface area contributed by atoms with Gasteiger partial charge in [0.15, 0.2) is 5.82 Å². The Labute approximate surface area is 171 Å². The van der Waals surface area contributed by atoms with Crippen LogP contribution < -0.4 is 0 Å². The van der Waals surface area contributed by atoms with Gasteiger partial charge in [-0.3, -0.25) is 0 Å². The Bertz CT molecular complexity index is 878. The molecule has 30 heavy (non-hydrogen) atoms. The van der Waals surface area contributed by atoms with Crippen molar-refractivity contribution in [3.8, 4) is 0 Å². The summed E-state index contributed by atoms with van der Waals surface area (Å²) in [6.45, 7) is 4.59. The third-order valence-corrected chi connectivity index (χ3v) is 5.60. The quantitative estimate of drug-likeness (QED) is 0.739. The maximum atomic E-state index is 13.1. The number of urea groups is 1. The second kappa shape index (κ2) is 8.25. The fraction of sp³-hybridized carbons (Fsp3) is 0.550. The molecule has 2 aliphatic rings. The van der Waals surface area contributed by atoms with Crippen molar-refractivity contribution in [2.45, 2.75) is 31.4 Å². The minimum Gasteiger partial charge on any atom is -0.378 e. The Hall–Kier alpha value is -2.62. The molecule has 0 aliphatic carbocycles. The molecule has 2 aromatic rings. The molecule has 4 rings (SSSR count). The molecular formula is C20H23F3N4O3. The van der Waals surface area contributed by atoms with Crippen LogP contribution in [0.1, 0.15) is 41.1 Å². The van der Waals surface area contributed by atoms with Gasteiger partial charge in [0.05, 0.1) is 24.7 Å². The molecule has 0 saturated carbocycles. The van der Waals surface area contributed by atoms with Crippen molar-refractivity contribution in [1.82, 2.24) is 19.9 Å². The molecule has 0 radical (unpaired) electrons. The second-order valence-electron chi connectivity index (χ2n) is 7.72. The number of aryl methyl sites for hydroxylation is 1. The molecule has 3 heterocycles. The first kappa shape index (κ1) is 20.6. The van der Waals surface area contributed by atoms with Crippen LogP contribution in [-0.2, 0) is 10.9 Å². The standard InChI is InChI=1S/C20H23F3N4O3/c1-13-24-18(30-25-13)16-10-15(14-2-4-17(5-3-14)20(21,22)23)11-27(12-16)19(28)26-6-8-29-9-7-26/h2-5,15-16H,6-12H2,1H3. The minimum atomic E-state index is -4.38. The number of piperidine rings is 1. The van der Waals surface area contributed by atoms with Crippen LogP contribution in [0.2, 0.25) is 0 Å². The fourth-order valence-electron chi connectivity index (χ4n) is 4.05. The number of hydrogen-bond acceptors (Lipinski definition) is 5. The lowest BCUT2D eigenvalue weighted by molar-refractivity contribution is -0.137. The first-order chi connectivity index (χ1) is 14.3. The number of ether oxygens (including phenoxy) is 1. The van der Waals surface area contributed by atoms with Crippen molar-refractivity contribution < 1.29 is 27.2 Å². The number of amides is 2. The summed E-state index contributed by atoms with van der Waals surface area (Å²) in [5.41, 5.74) is 0.0658. The maximum absolute atomic E-state index is 13.1. The summed E-state index contributed by atoms with van der Waals surface area (Å²) < 4.78 is 49.4. The van der Waals surface area contributed by atoms with Crippen LogP contribution in [0, 0.1) is 6.92 Å². The van der Waals surface area contributed by atoms with Crippen LogP contribution in [0.4, 0.5) is 18.0 Å². The van der Waals surface area contributed by atoms with Gasteiger partial charge in [0, 0.05) is 32.1 Å². The zero-order chi connectivity index (χ0) is 21.3. The van der Waals surface area contributed by atoms with Crippen LogP contribution in [0.5, 0.6) is 0 Å². The number of alkyl halides is 3. The SMILES string of the molecule is Cc1noc(C2CC(c3ccc(C(F)(F)F)cc3)CN(C(=O)N3CCOCC3)C2)n1. The molecule has 0 bridgehead atoms. The van der Waals surface area contributed by atoms with E-state index in [9.17, 15) is 18.0 Å². The van der Waals surface area contributed by atoms with E-state index in [-0.39, 0.29) is 17.9 Å². The van der Waals surface area contributed by atoms with Gasteiger partial charge in [-0.15, -0.1) is 0 Å². The Balaban J connectivity index is 1.58. The molecule has 162 valence electrons. The van der Waals surface area contributed by atoms with Crippen molar-refractivity contribution in [2.75, 3.05) is 39.4 Å². The average Bonchev–Trinajstić information content (AvgIpc) is 3.19. The van der Waals surface area contributed by atoms with Gasteiger partial charge >= 0.3 is 12.2 Å². The number of carbonyl (C=O) groups is 1. The molecule has 2 atom stereocenters. The van der Waals surface area contributed by atoms with E-state index in [1.807, 2.05) is 0 Å². The van der Waals surface area contributed by atoms with Gasteiger partial charge in [0.1, 0.15) is 0 Å². The summed E-state index contributed by atoms with van der Waals surface area (Å²) >= 11 is 0. The number of aromatic nitrogens is 2. The van der Waals surface area contributed by atoms with Crippen molar-refractivity contribution in [1.29, 1.82) is 0 Å². The molecular weight excluding hydrogens is 401 g/mol. The molecule has 2 fully saturated rings. The number of halogens is 3. The lowest BCUT2D eigenvalue weighted by atomic mass is 9.84. The van der Waals surface area contributed by atoms with Crippen LogP contribution in [0.15, 0.2) is 28.8 Å². The zero-order valence-corrected chi connectivity index (χ0v) is 16.6. The second-order valence-corrected chi connectivity index (χ2v) is 7.72. The first-order valence-electron chi connectivity index (χ1n) is 9.90. The highest BCUT2D eigenvalue weighted by molar-refractivity contribution is 5.75. The topological polar surface area (TPSA) is 71.7 Å². The molecule has 0 spiro atoms. The highest BCUT2D eigenvalue weighted by atomic mass is 19.4. The number of rotatable bonds is 2. The Morgan fingerprint density at radius 2 is 1.73 bits per heavy atom. The fourth-order valence-corrected chi connectivity index (χ4v) is 4.05. The van der Waals surface area contributed by atoms with Crippen molar-refractivity contribution in [3.63, 3.8) is 0 Å². The first-order valence-corrected chi connectivity index (χ1v) is 9.90. The normalized spacial score (nSPS) is 22.9. The molecule has 1 aromatic heterocycles. The zero-order valence-electron chi connectivity index (χ0n) is 16.6. The van der Waals surface area contributed by atoms with Crippen LogP contribution in [0.25, 0.3) is 0 Å². The van der Waals surface area contributed by atoms with E-state index in [0.717, 1.165) is 17.7 Å². The van der Waals surface area contributed by atoms with Gasteiger partial charge in [-0.25, -0.2) is 4.79 Å². The Kier molecular flexibility index (Phi) is 5.68. The van der Waals surface area contributed by atoms with Gasteiger partial charge in [0.2, 0.25) is 5.89 Å². The number of nitrogens with zero attached hydrogens (tertiary/aromatic N) is 4. The molecule has 7 nitrogen and oxygen atoms in total. The van der Waals surface area contributed by atoms with Gasteiger partial charge in [-0.1, -0.05) is 17.3 Å². The molecule has 2 amide bonds. The number of morpholine rings is 1. The van der Waals surface area contributed by atoms with Crippen LogP contribution >= 0.6 is 0 Å². The lowest BCUT2D eigenvalue weighted by Crippen LogP contribution is -2.52. The number of likely N-dealkylation sites (tertiary alicyclic amines) is 1. The van der Waals surface area contributed by atoms with Gasteiger partial charge < -0.3 is 19.1 Å². The highest BCUT2D eigenvalue weighted by Crippen LogP contribution is 2.37. The van der Waals surface area contributed by atoms with Gasteiger partial charge in [-0.2, -0.15) is 18.2 Å². The average molecular weight is 424 g/mol. The summed E-state index contributed by atoms with van der Waals surface area (Å²) in [5.74, 6) is 0.636. The van der Waals surface area contributed by atoms with Crippen molar-refractivity contribution >= 4 is 6.03 Å². The van der Waals surface area contributed by atoms with Crippen LogP contribution in [-0.4, -0.2) is 65.4 Å².